The van der Waals surface area contributed by atoms with E-state index in [4.69, 9.17) is 5.73 Å². The Kier molecular flexibility index (Phi) is 4.14. The zero-order valence-corrected chi connectivity index (χ0v) is 13.0. The van der Waals surface area contributed by atoms with Crippen LogP contribution in [0.2, 0.25) is 0 Å². The van der Waals surface area contributed by atoms with Gasteiger partial charge in [-0.25, -0.2) is 0 Å². The molecule has 96 valence electrons. The summed E-state index contributed by atoms with van der Waals surface area (Å²) in [6, 6.07) is 8.39. The van der Waals surface area contributed by atoms with Crippen molar-refractivity contribution in [3.05, 3.63) is 40.0 Å². The summed E-state index contributed by atoms with van der Waals surface area (Å²) in [5.74, 6) is 0. The van der Waals surface area contributed by atoms with Crippen LogP contribution >= 0.6 is 27.7 Å². The van der Waals surface area contributed by atoms with Crippen LogP contribution in [0.15, 0.2) is 38.7 Å². The molecule has 1 heterocycles. The van der Waals surface area contributed by atoms with Crippen LogP contribution in [0.5, 0.6) is 0 Å². The molecule has 1 atom stereocenters. The van der Waals surface area contributed by atoms with Gasteiger partial charge in [0.05, 0.1) is 10.7 Å². The fourth-order valence-electron chi connectivity index (χ4n) is 1.74. The third-order valence-electron chi connectivity index (χ3n) is 2.64. The first kappa shape index (κ1) is 13.6. The van der Waals surface area contributed by atoms with Gasteiger partial charge in [-0.3, -0.25) is 4.68 Å². The maximum absolute atomic E-state index is 5.89. The number of aromatic nitrogens is 2. The highest BCUT2D eigenvalue weighted by Crippen LogP contribution is 2.32. The van der Waals surface area contributed by atoms with Crippen LogP contribution in [0.3, 0.4) is 0 Å². The summed E-state index contributed by atoms with van der Waals surface area (Å²) in [7, 11) is 1.96. The molecule has 0 radical (unpaired) electrons. The molecule has 18 heavy (non-hydrogen) atoms. The second-order valence-electron chi connectivity index (χ2n) is 4.32. The van der Waals surface area contributed by atoms with Crippen molar-refractivity contribution in [2.24, 2.45) is 12.8 Å². The van der Waals surface area contributed by atoms with Gasteiger partial charge in [-0.2, -0.15) is 5.10 Å². The Morgan fingerprint density at radius 2 is 2.11 bits per heavy atom. The molecule has 0 bridgehead atoms. The number of hydrogen-bond acceptors (Lipinski definition) is 3. The van der Waals surface area contributed by atoms with E-state index in [2.05, 4.69) is 45.3 Å². The van der Waals surface area contributed by atoms with Gasteiger partial charge in [0.2, 0.25) is 0 Å². The molecule has 1 aromatic heterocycles. The van der Waals surface area contributed by atoms with Gasteiger partial charge < -0.3 is 5.73 Å². The van der Waals surface area contributed by atoms with Gasteiger partial charge in [0, 0.05) is 22.5 Å². The topological polar surface area (TPSA) is 43.8 Å². The maximum Gasteiger partial charge on any atom is 0.0986 e. The van der Waals surface area contributed by atoms with Gasteiger partial charge in [-0.05, 0) is 37.6 Å². The predicted molar refractivity (Wildman–Crippen MR) is 78.8 cm³/mol. The molecule has 0 fully saturated rings. The molecule has 3 nitrogen and oxygen atoms in total. The Labute approximate surface area is 120 Å². The summed E-state index contributed by atoms with van der Waals surface area (Å²) in [6.07, 6.45) is 0. The SMILES string of the molecule is Cc1cc(Sc2ccc(C(C)N)c(Br)c2)n(C)n1. The Morgan fingerprint density at radius 3 is 2.61 bits per heavy atom. The third-order valence-corrected chi connectivity index (χ3v) is 4.41. The molecule has 0 amide bonds. The van der Waals surface area contributed by atoms with Crippen LogP contribution in [0.4, 0.5) is 0 Å². The standard InChI is InChI=1S/C13H16BrN3S/c1-8-6-13(17(3)16-8)18-10-4-5-11(9(2)15)12(14)7-10/h4-7,9H,15H2,1-3H3. The number of benzene rings is 1. The van der Waals surface area contributed by atoms with Crippen molar-refractivity contribution in [3.8, 4) is 0 Å². The van der Waals surface area contributed by atoms with E-state index in [-0.39, 0.29) is 6.04 Å². The fraction of sp³-hybridized carbons (Fsp3) is 0.308. The van der Waals surface area contributed by atoms with E-state index in [9.17, 15) is 0 Å². The number of halogens is 1. The summed E-state index contributed by atoms with van der Waals surface area (Å²) < 4.78 is 2.95. The first-order valence-electron chi connectivity index (χ1n) is 5.71. The molecule has 0 aliphatic rings. The Balaban J connectivity index is 2.25. The average Bonchev–Trinajstić information content (AvgIpc) is 2.57. The van der Waals surface area contributed by atoms with Gasteiger partial charge in [0.25, 0.3) is 0 Å². The first-order chi connectivity index (χ1) is 8.47. The fourth-order valence-corrected chi connectivity index (χ4v) is 3.59. The number of nitrogens with two attached hydrogens (primary N) is 1. The number of aryl methyl sites for hydroxylation is 2. The largest absolute Gasteiger partial charge is 0.324 e. The summed E-state index contributed by atoms with van der Waals surface area (Å²) >= 11 is 5.27. The molecule has 2 aromatic rings. The van der Waals surface area contributed by atoms with E-state index < -0.39 is 0 Å². The zero-order valence-electron chi connectivity index (χ0n) is 10.6. The Hall–Kier alpha value is -0.780. The smallest absolute Gasteiger partial charge is 0.0986 e. The molecular weight excluding hydrogens is 310 g/mol. The average molecular weight is 326 g/mol. The number of hydrogen-bond donors (Lipinski definition) is 1. The van der Waals surface area contributed by atoms with Crippen molar-refractivity contribution in [1.29, 1.82) is 0 Å². The molecule has 0 saturated carbocycles. The minimum atomic E-state index is 0.0392. The van der Waals surface area contributed by atoms with Crippen molar-refractivity contribution >= 4 is 27.7 Å². The number of nitrogens with zero attached hydrogens (tertiary/aromatic N) is 2. The van der Waals surface area contributed by atoms with Gasteiger partial charge in [0.1, 0.15) is 0 Å². The predicted octanol–water partition coefficient (Wildman–Crippen LogP) is 3.66. The van der Waals surface area contributed by atoms with E-state index in [1.54, 1.807) is 11.8 Å². The molecule has 2 N–H and O–H groups in total. The minimum absolute atomic E-state index is 0.0392. The summed E-state index contributed by atoms with van der Waals surface area (Å²) in [6.45, 7) is 3.98. The van der Waals surface area contributed by atoms with Crippen LogP contribution in [-0.2, 0) is 7.05 Å². The molecule has 0 spiro atoms. The van der Waals surface area contributed by atoms with Crippen molar-refractivity contribution in [2.75, 3.05) is 0 Å². The van der Waals surface area contributed by atoms with E-state index >= 15 is 0 Å². The van der Waals surface area contributed by atoms with Crippen LogP contribution in [0, 0.1) is 6.92 Å². The minimum Gasteiger partial charge on any atom is -0.324 e. The third kappa shape index (κ3) is 2.96. The normalized spacial score (nSPS) is 12.7. The Bertz CT molecular complexity index is 563. The second kappa shape index (κ2) is 5.47. The van der Waals surface area contributed by atoms with E-state index in [0.717, 1.165) is 20.8 Å². The lowest BCUT2D eigenvalue weighted by Gasteiger charge is -2.10. The van der Waals surface area contributed by atoms with Crippen LogP contribution < -0.4 is 5.73 Å². The summed E-state index contributed by atoms with van der Waals surface area (Å²) in [5.41, 5.74) is 8.05. The molecule has 0 aliphatic heterocycles. The highest BCUT2D eigenvalue weighted by molar-refractivity contribution is 9.10. The molecular formula is C13H16BrN3S. The van der Waals surface area contributed by atoms with Gasteiger partial charge in [-0.1, -0.05) is 33.8 Å². The van der Waals surface area contributed by atoms with Crippen molar-refractivity contribution in [3.63, 3.8) is 0 Å². The van der Waals surface area contributed by atoms with Crippen molar-refractivity contribution in [2.45, 2.75) is 29.8 Å². The zero-order chi connectivity index (χ0) is 13.3. The molecule has 1 unspecified atom stereocenters. The second-order valence-corrected chi connectivity index (χ2v) is 6.27. The number of rotatable bonds is 3. The van der Waals surface area contributed by atoms with Crippen LogP contribution in [-0.4, -0.2) is 9.78 Å². The van der Waals surface area contributed by atoms with Crippen LogP contribution in [0.1, 0.15) is 24.2 Å². The van der Waals surface area contributed by atoms with E-state index in [1.165, 1.54) is 4.90 Å². The van der Waals surface area contributed by atoms with Gasteiger partial charge in [-0.15, -0.1) is 0 Å². The first-order valence-corrected chi connectivity index (χ1v) is 7.32. The maximum atomic E-state index is 5.89. The molecule has 1 aromatic carbocycles. The van der Waals surface area contributed by atoms with Gasteiger partial charge in [0.15, 0.2) is 0 Å². The lowest BCUT2D eigenvalue weighted by Crippen LogP contribution is -2.05. The van der Waals surface area contributed by atoms with Crippen molar-refractivity contribution < 1.29 is 0 Å². The molecule has 5 heteroatoms. The quantitative estimate of drug-likeness (QED) is 0.936. The van der Waals surface area contributed by atoms with E-state index in [1.807, 2.05) is 25.6 Å². The summed E-state index contributed by atoms with van der Waals surface area (Å²) in [5, 5.41) is 5.47. The lowest BCUT2D eigenvalue weighted by atomic mass is 10.1. The Morgan fingerprint density at radius 1 is 1.39 bits per heavy atom. The molecule has 0 saturated heterocycles. The van der Waals surface area contributed by atoms with E-state index in [0.29, 0.717) is 0 Å². The monoisotopic (exact) mass is 325 g/mol. The molecule has 2 rings (SSSR count). The van der Waals surface area contributed by atoms with Crippen molar-refractivity contribution in [1.82, 2.24) is 9.78 Å². The highest BCUT2D eigenvalue weighted by atomic mass is 79.9. The summed E-state index contributed by atoms with van der Waals surface area (Å²) in [4.78, 5) is 1.18. The highest BCUT2D eigenvalue weighted by Gasteiger charge is 2.08. The van der Waals surface area contributed by atoms with Crippen LogP contribution in [0.25, 0.3) is 0 Å². The molecule has 0 aliphatic carbocycles. The van der Waals surface area contributed by atoms with Gasteiger partial charge >= 0.3 is 0 Å². The lowest BCUT2D eigenvalue weighted by molar-refractivity contribution is 0.692.